The van der Waals surface area contributed by atoms with E-state index in [4.69, 9.17) is 9.52 Å². The Labute approximate surface area is 99.2 Å². The van der Waals surface area contributed by atoms with E-state index in [0.29, 0.717) is 18.5 Å². The SMILES string of the molecule is Cc1c(CNCCCO)oc2ccc(F)cc12. The van der Waals surface area contributed by atoms with Gasteiger partial charge in [-0.15, -0.1) is 0 Å². The summed E-state index contributed by atoms with van der Waals surface area (Å²) in [5, 5.41) is 12.7. The number of aliphatic hydroxyl groups is 1. The first-order valence-electron chi connectivity index (χ1n) is 5.71. The van der Waals surface area contributed by atoms with Crippen LogP contribution in [0, 0.1) is 12.7 Å². The number of aliphatic hydroxyl groups excluding tert-OH is 1. The van der Waals surface area contributed by atoms with Crippen LogP contribution in [-0.2, 0) is 6.54 Å². The fourth-order valence-corrected chi connectivity index (χ4v) is 1.82. The average molecular weight is 237 g/mol. The Morgan fingerprint density at radius 3 is 3.00 bits per heavy atom. The van der Waals surface area contributed by atoms with Crippen molar-refractivity contribution >= 4 is 11.0 Å². The molecular formula is C13H16FNO2. The third-order valence-electron chi connectivity index (χ3n) is 2.79. The summed E-state index contributed by atoms with van der Waals surface area (Å²) >= 11 is 0. The fraction of sp³-hybridized carbons (Fsp3) is 0.385. The van der Waals surface area contributed by atoms with Gasteiger partial charge in [0.25, 0.3) is 0 Å². The highest BCUT2D eigenvalue weighted by molar-refractivity contribution is 5.82. The van der Waals surface area contributed by atoms with Gasteiger partial charge in [0.05, 0.1) is 6.54 Å². The minimum Gasteiger partial charge on any atom is -0.459 e. The summed E-state index contributed by atoms with van der Waals surface area (Å²) in [6.07, 6.45) is 0.716. The molecule has 3 nitrogen and oxygen atoms in total. The Hall–Kier alpha value is -1.39. The first-order chi connectivity index (χ1) is 8.22. The van der Waals surface area contributed by atoms with Crippen molar-refractivity contribution < 1.29 is 13.9 Å². The number of hydrogen-bond acceptors (Lipinski definition) is 3. The molecule has 2 aromatic rings. The molecule has 0 fully saturated rings. The van der Waals surface area contributed by atoms with Gasteiger partial charge in [-0.05, 0) is 43.7 Å². The van der Waals surface area contributed by atoms with Gasteiger partial charge < -0.3 is 14.8 Å². The Kier molecular flexibility index (Phi) is 3.76. The average Bonchev–Trinajstić information content (AvgIpc) is 2.62. The molecule has 0 unspecified atom stereocenters. The molecule has 0 atom stereocenters. The van der Waals surface area contributed by atoms with E-state index in [1.54, 1.807) is 6.07 Å². The second-order valence-corrected chi connectivity index (χ2v) is 4.04. The molecule has 0 bridgehead atoms. The zero-order chi connectivity index (χ0) is 12.3. The van der Waals surface area contributed by atoms with Crippen molar-refractivity contribution in [3.8, 4) is 0 Å². The Bertz CT molecular complexity index is 507. The Morgan fingerprint density at radius 2 is 2.24 bits per heavy atom. The minimum atomic E-state index is -0.249. The number of rotatable bonds is 5. The fourth-order valence-electron chi connectivity index (χ4n) is 1.82. The number of halogens is 1. The molecule has 2 N–H and O–H groups in total. The summed E-state index contributed by atoms with van der Waals surface area (Å²) < 4.78 is 18.7. The lowest BCUT2D eigenvalue weighted by atomic mass is 10.1. The third kappa shape index (κ3) is 2.65. The first kappa shape index (κ1) is 12.1. The van der Waals surface area contributed by atoms with E-state index in [0.717, 1.165) is 23.3 Å². The van der Waals surface area contributed by atoms with Gasteiger partial charge in [-0.3, -0.25) is 0 Å². The zero-order valence-corrected chi connectivity index (χ0v) is 9.79. The summed E-state index contributed by atoms with van der Waals surface area (Å²) in [7, 11) is 0. The highest BCUT2D eigenvalue weighted by Gasteiger charge is 2.10. The molecular weight excluding hydrogens is 221 g/mol. The lowest BCUT2D eigenvalue weighted by molar-refractivity contribution is 0.285. The molecule has 0 saturated heterocycles. The van der Waals surface area contributed by atoms with Crippen molar-refractivity contribution in [1.82, 2.24) is 5.32 Å². The van der Waals surface area contributed by atoms with E-state index in [2.05, 4.69) is 5.32 Å². The van der Waals surface area contributed by atoms with Gasteiger partial charge in [-0.25, -0.2) is 4.39 Å². The van der Waals surface area contributed by atoms with E-state index >= 15 is 0 Å². The van der Waals surface area contributed by atoms with E-state index < -0.39 is 0 Å². The van der Waals surface area contributed by atoms with Crippen LogP contribution in [0.15, 0.2) is 22.6 Å². The molecule has 92 valence electrons. The van der Waals surface area contributed by atoms with Crippen LogP contribution in [0.3, 0.4) is 0 Å². The number of furan rings is 1. The molecule has 1 heterocycles. The molecule has 0 spiro atoms. The van der Waals surface area contributed by atoms with Gasteiger partial charge >= 0.3 is 0 Å². The number of hydrogen-bond donors (Lipinski definition) is 2. The highest BCUT2D eigenvalue weighted by atomic mass is 19.1. The largest absolute Gasteiger partial charge is 0.459 e. The molecule has 0 aliphatic heterocycles. The zero-order valence-electron chi connectivity index (χ0n) is 9.79. The van der Waals surface area contributed by atoms with Crippen LogP contribution >= 0.6 is 0 Å². The van der Waals surface area contributed by atoms with Crippen LogP contribution < -0.4 is 5.32 Å². The van der Waals surface area contributed by atoms with Gasteiger partial charge in [-0.1, -0.05) is 0 Å². The predicted octanol–water partition coefficient (Wildman–Crippen LogP) is 2.35. The molecule has 1 aromatic carbocycles. The topological polar surface area (TPSA) is 45.4 Å². The van der Waals surface area contributed by atoms with Gasteiger partial charge in [0, 0.05) is 12.0 Å². The van der Waals surface area contributed by atoms with Crippen molar-refractivity contribution in [1.29, 1.82) is 0 Å². The number of benzene rings is 1. The normalized spacial score (nSPS) is 11.2. The summed E-state index contributed by atoms with van der Waals surface area (Å²) in [5.41, 5.74) is 1.68. The van der Waals surface area contributed by atoms with Crippen molar-refractivity contribution in [2.45, 2.75) is 19.9 Å². The standard InChI is InChI=1S/C13H16FNO2/c1-9-11-7-10(14)3-4-12(11)17-13(9)8-15-5-2-6-16/h3-4,7,15-16H,2,5-6,8H2,1H3. The second-order valence-electron chi connectivity index (χ2n) is 4.04. The monoisotopic (exact) mass is 237 g/mol. The maximum atomic E-state index is 13.1. The molecule has 0 aliphatic carbocycles. The van der Waals surface area contributed by atoms with Crippen LogP contribution in [0.5, 0.6) is 0 Å². The molecule has 0 radical (unpaired) electrons. The summed E-state index contributed by atoms with van der Waals surface area (Å²) in [4.78, 5) is 0. The molecule has 4 heteroatoms. The molecule has 0 amide bonds. The maximum Gasteiger partial charge on any atom is 0.134 e. The number of nitrogens with one attached hydrogen (secondary N) is 1. The maximum absolute atomic E-state index is 13.1. The summed E-state index contributed by atoms with van der Waals surface area (Å²) in [6, 6.07) is 4.54. The third-order valence-corrected chi connectivity index (χ3v) is 2.79. The smallest absolute Gasteiger partial charge is 0.134 e. The van der Waals surface area contributed by atoms with Crippen molar-refractivity contribution in [2.75, 3.05) is 13.2 Å². The van der Waals surface area contributed by atoms with Crippen molar-refractivity contribution in [3.05, 3.63) is 35.3 Å². The lowest BCUT2D eigenvalue weighted by Crippen LogP contribution is -2.15. The second kappa shape index (κ2) is 5.29. The molecule has 1 aromatic heterocycles. The van der Waals surface area contributed by atoms with Crippen molar-refractivity contribution in [2.24, 2.45) is 0 Å². The number of aryl methyl sites for hydroxylation is 1. The van der Waals surface area contributed by atoms with Crippen LogP contribution in [0.1, 0.15) is 17.7 Å². The first-order valence-corrected chi connectivity index (χ1v) is 5.71. The molecule has 0 saturated carbocycles. The number of fused-ring (bicyclic) bond motifs is 1. The molecule has 17 heavy (non-hydrogen) atoms. The van der Waals surface area contributed by atoms with Crippen LogP contribution in [0.2, 0.25) is 0 Å². The van der Waals surface area contributed by atoms with E-state index in [1.165, 1.54) is 12.1 Å². The van der Waals surface area contributed by atoms with E-state index in [9.17, 15) is 4.39 Å². The summed E-state index contributed by atoms with van der Waals surface area (Å²) in [6.45, 7) is 3.44. The minimum absolute atomic E-state index is 0.178. The van der Waals surface area contributed by atoms with Crippen LogP contribution in [0.25, 0.3) is 11.0 Å². The Morgan fingerprint density at radius 1 is 1.41 bits per heavy atom. The summed E-state index contributed by atoms with van der Waals surface area (Å²) in [5.74, 6) is 0.574. The van der Waals surface area contributed by atoms with Gasteiger partial charge in [0.15, 0.2) is 0 Å². The molecule has 2 rings (SSSR count). The van der Waals surface area contributed by atoms with Gasteiger partial charge in [0.2, 0.25) is 0 Å². The predicted molar refractivity (Wildman–Crippen MR) is 64.3 cm³/mol. The lowest BCUT2D eigenvalue weighted by Gasteiger charge is -2.01. The van der Waals surface area contributed by atoms with E-state index in [-0.39, 0.29) is 12.4 Å². The van der Waals surface area contributed by atoms with E-state index in [1.807, 2.05) is 6.92 Å². The van der Waals surface area contributed by atoms with Gasteiger partial charge in [-0.2, -0.15) is 0 Å². The quantitative estimate of drug-likeness (QED) is 0.785. The van der Waals surface area contributed by atoms with Gasteiger partial charge in [0.1, 0.15) is 17.2 Å². The van der Waals surface area contributed by atoms with Crippen LogP contribution in [0.4, 0.5) is 4.39 Å². The highest BCUT2D eigenvalue weighted by Crippen LogP contribution is 2.25. The van der Waals surface area contributed by atoms with Crippen LogP contribution in [-0.4, -0.2) is 18.3 Å². The Balaban J connectivity index is 2.15. The van der Waals surface area contributed by atoms with Crippen molar-refractivity contribution in [3.63, 3.8) is 0 Å². The molecule has 0 aliphatic rings.